The van der Waals surface area contributed by atoms with Gasteiger partial charge in [-0.3, -0.25) is 6.42 Å². The number of nitrogens with zero attached hydrogens (tertiary/aromatic N) is 1. The Kier molecular flexibility index (Phi) is 5.05. The van der Waals surface area contributed by atoms with Crippen LogP contribution in [0.3, 0.4) is 0 Å². The lowest BCUT2D eigenvalue weighted by Gasteiger charge is -1.87. The molecule has 0 fully saturated rings. The zero-order valence-corrected chi connectivity index (χ0v) is 7.14. The van der Waals surface area contributed by atoms with Crippen LogP contribution in [0.1, 0.15) is 6.92 Å². The average molecular weight is 234 g/mol. The van der Waals surface area contributed by atoms with Gasteiger partial charge in [0.15, 0.2) is 0 Å². The number of halogens is 1. The summed E-state index contributed by atoms with van der Waals surface area (Å²) in [6.45, 7) is 2.85. The summed E-state index contributed by atoms with van der Waals surface area (Å²) < 4.78 is 3.95. The molecule has 0 amide bonds. The molecule has 0 saturated heterocycles. The van der Waals surface area contributed by atoms with E-state index in [1.807, 2.05) is 6.92 Å². The van der Waals surface area contributed by atoms with E-state index in [4.69, 9.17) is 11.2 Å². The summed E-state index contributed by atoms with van der Waals surface area (Å²) in [6, 6.07) is 0. The molecular formula is C2H5INS2-. The van der Waals surface area contributed by atoms with Crippen LogP contribution in [0, 0.1) is 0 Å². The van der Waals surface area contributed by atoms with Crippen molar-refractivity contribution < 1.29 is 0 Å². The van der Waals surface area contributed by atoms with Crippen LogP contribution < -0.4 is 0 Å². The lowest BCUT2D eigenvalue weighted by atomic mass is 10.8. The zero-order chi connectivity index (χ0) is 4.99. The highest BCUT2D eigenvalue weighted by molar-refractivity contribution is 14.2. The molecule has 0 aromatic heterocycles. The fraction of sp³-hybridized carbons (Fsp3) is 1.00. The molecule has 0 spiro atoms. The first-order valence-electron chi connectivity index (χ1n) is 1.53. The Hall–Kier alpha value is 1.10. The highest BCUT2D eigenvalue weighted by Crippen LogP contribution is 1.84. The van der Waals surface area contributed by atoms with Crippen molar-refractivity contribution in [1.29, 1.82) is 0 Å². The predicted molar refractivity (Wildman–Crippen MR) is 41.7 cm³/mol. The highest BCUT2D eigenvalue weighted by atomic mass is 127. The van der Waals surface area contributed by atoms with Gasteiger partial charge in [-0.2, -0.15) is 0 Å². The van der Waals surface area contributed by atoms with Crippen LogP contribution in [-0.2, 0) is 17.6 Å². The van der Waals surface area contributed by atoms with Crippen molar-refractivity contribution in [3.63, 3.8) is 0 Å². The van der Waals surface area contributed by atoms with Gasteiger partial charge in [0, 0.05) is 6.54 Å². The molecule has 4 heteroatoms. The molecule has 0 heterocycles. The average Bonchev–Trinajstić information content (AvgIpc) is 1.35. The van der Waals surface area contributed by atoms with E-state index in [9.17, 15) is 0 Å². The van der Waals surface area contributed by atoms with Crippen LogP contribution >= 0.6 is 21.2 Å². The number of hydrogen-bond acceptors (Lipinski definition) is 3. The summed E-state index contributed by atoms with van der Waals surface area (Å²) in [5, 5.41) is 0. The molecule has 0 unspecified atom stereocenters. The van der Waals surface area contributed by atoms with E-state index in [2.05, 4.69) is 25.6 Å². The summed E-state index contributed by atoms with van der Waals surface area (Å²) in [4.78, 5) is 0. The molecular weight excluding hydrogens is 229 g/mol. The molecule has 0 aliphatic carbocycles. The van der Waals surface area contributed by atoms with E-state index in [1.165, 1.54) is 0 Å². The smallest absolute Gasteiger partial charge is 0.00794 e. The van der Waals surface area contributed by atoms with E-state index >= 15 is 0 Å². The fourth-order valence-electron chi connectivity index (χ4n) is 0.101. The van der Waals surface area contributed by atoms with Crippen LogP contribution in [0.2, 0.25) is 0 Å². The van der Waals surface area contributed by atoms with Gasteiger partial charge in [0.25, 0.3) is 0 Å². The van der Waals surface area contributed by atoms with E-state index in [0.29, 0.717) is 0 Å². The van der Waals surface area contributed by atoms with E-state index < -0.39 is 0 Å². The van der Waals surface area contributed by atoms with Crippen LogP contribution in [-0.4, -0.2) is 6.54 Å². The molecule has 6 heavy (non-hydrogen) atoms. The summed E-state index contributed by atoms with van der Waals surface area (Å²) in [5.41, 5.74) is 0. The van der Waals surface area contributed by atoms with Crippen LogP contribution in [0.5, 0.6) is 0 Å². The van der Waals surface area contributed by atoms with Gasteiger partial charge in [-0.1, -0.05) is 0 Å². The molecule has 0 bridgehead atoms. The maximum absolute atomic E-state index is 4.73. The Morgan fingerprint density at radius 2 is 2.50 bits per heavy atom. The topological polar surface area (TPSA) is 12.4 Å². The van der Waals surface area contributed by atoms with Gasteiger partial charge in [0.2, 0.25) is 0 Å². The summed E-state index contributed by atoms with van der Waals surface area (Å²) in [7, 11) is 0. The molecule has 0 aromatic carbocycles. The second-order valence-electron chi connectivity index (χ2n) is 0.652. The highest BCUT2D eigenvalue weighted by Gasteiger charge is 1.46. The minimum absolute atomic E-state index is 0.137. The van der Waals surface area contributed by atoms with Gasteiger partial charge in [-0.25, -0.2) is 32.4 Å². The molecule has 38 valence electrons. The van der Waals surface area contributed by atoms with Gasteiger partial charge in [-0.05, 0) is 6.92 Å². The Labute approximate surface area is 56.5 Å². The van der Waals surface area contributed by atoms with E-state index in [1.54, 1.807) is 0 Å². The fourth-order valence-corrected chi connectivity index (χ4v) is 1.46. The first-order chi connectivity index (χ1) is 2.77. The van der Waals surface area contributed by atoms with Crippen molar-refractivity contribution in [2.24, 2.45) is 4.36 Å². The van der Waals surface area contributed by atoms with Crippen molar-refractivity contribution in [3.8, 4) is 0 Å². The minimum atomic E-state index is -0.137. The van der Waals surface area contributed by atoms with Crippen LogP contribution in [0.25, 0.3) is 0 Å². The zero-order valence-electron chi connectivity index (χ0n) is 3.35. The third-order valence-corrected chi connectivity index (χ3v) is 1.84. The quantitative estimate of drug-likeness (QED) is 0.381. The molecule has 1 nitrogen and oxygen atoms in total. The third kappa shape index (κ3) is 5.10. The second-order valence-corrected chi connectivity index (χ2v) is 6.57. The van der Waals surface area contributed by atoms with Crippen molar-refractivity contribution in [2.75, 3.05) is 6.54 Å². The third-order valence-electron chi connectivity index (χ3n) is 0.231. The van der Waals surface area contributed by atoms with Crippen LogP contribution in [0.4, 0.5) is 0 Å². The Bertz CT molecular complexity index is 93.7. The first-order valence-corrected chi connectivity index (χ1v) is 6.18. The summed E-state index contributed by atoms with van der Waals surface area (Å²) >= 11 is 6.84. The lowest BCUT2D eigenvalue weighted by molar-refractivity contribution is 1.16. The molecule has 0 N–H and O–H groups in total. The maximum Gasteiger partial charge on any atom is 0.00794 e. The number of rotatable bonds is 1. The van der Waals surface area contributed by atoms with E-state index in [-0.39, 0.29) is 6.42 Å². The summed E-state index contributed by atoms with van der Waals surface area (Å²) in [6.07, 6.45) is -0.137. The Balaban J connectivity index is 3.43. The predicted octanol–water partition coefficient (Wildman–Crippen LogP) is 1.62. The van der Waals surface area contributed by atoms with E-state index in [0.717, 1.165) is 6.54 Å². The molecule has 0 atom stereocenters. The SMILES string of the molecule is CCN=[S-](=S)I. The molecule has 0 aliphatic heterocycles. The van der Waals surface area contributed by atoms with Gasteiger partial charge in [-0.15, -0.1) is 0 Å². The Morgan fingerprint density at radius 1 is 2.00 bits per heavy atom. The van der Waals surface area contributed by atoms with Gasteiger partial charge in [0.1, 0.15) is 0 Å². The minimum Gasteiger partial charge on any atom is -0.416 e. The largest absolute Gasteiger partial charge is 0.416 e. The second kappa shape index (κ2) is 4.26. The first kappa shape index (κ1) is 7.10. The van der Waals surface area contributed by atoms with Crippen molar-refractivity contribution in [3.05, 3.63) is 0 Å². The standard InChI is InChI=1S/C2H5INS2/c1-2-4-6(3)5/h2H2,1H3/q-1. The molecule has 0 radical (unpaired) electrons. The van der Waals surface area contributed by atoms with Crippen molar-refractivity contribution in [1.82, 2.24) is 0 Å². The molecule has 0 saturated carbocycles. The van der Waals surface area contributed by atoms with Gasteiger partial charge >= 0.3 is 0 Å². The summed E-state index contributed by atoms with van der Waals surface area (Å²) in [5.74, 6) is 0. The molecule has 0 aromatic rings. The Morgan fingerprint density at radius 3 is 2.50 bits per heavy atom. The van der Waals surface area contributed by atoms with Gasteiger partial charge in [0.05, 0.1) is 0 Å². The van der Waals surface area contributed by atoms with Gasteiger partial charge < -0.3 is 4.36 Å². The van der Waals surface area contributed by atoms with Crippen LogP contribution in [0.15, 0.2) is 4.36 Å². The lowest BCUT2D eigenvalue weighted by Crippen LogP contribution is -1.60. The van der Waals surface area contributed by atoms with Crippen molar-refractivity contribution in [2.45, 2.75) is 6.92 Å². The molecule has 0 rings (SSSR count). The maximum atomic E-state index is 4.73. The normalized spacial score (nSPS) is 15.0. The number of hydrogen-bond donors (Lipinski definition) is 0. The monoisotopic (exact) mass is 234 g/mol. The molecule has 0 aliphatic rings. The van der Waals surface area contributed by atoms with Crippen molar-refractivity contribution >= 4 is 38.8 Å².